The topological polar surface area (TPSA) is 30.7 Å². The van der Waals surface area contributed by atoms with Crippen molar-refractivity contribution in [1.82, 2.24) is 15.0 Å². The van der Waals surface area contributed by atoms with E-state index in [1.54, 1.807) is 0 Å². The van der Waals surface area contributed by atoms with Crippen molar-refractivity contribution in [2.45, 2.75) is 25.8 Å². The second-order valence-corrected chi connectivity index (χ2v) is 5.24. The van der Waals surface area contributed by atoms with Crippen LogP contribution in [0.1, 0.15) is 24.9 Å². The molecule has 0 saturated heterocycles. The third-order valence-electron chi connectivity index (χ3n) is 3.87. The molecule has 0 spiro atoms. The van der Waals surface area contributed by atoms with Crippen LogP contribution in [0.4, 0.5) is 0 Å². The SMILES string of the molecule is C=C(CC)C(Cc1ccccc1)n1nnc2ccccc21. The molecule has 1 unspecified atom stereocenters. The lowest BCUT2D eigenvalue weighted by Gasteiger charge is -2.20. The summed E-state index contributed by atoms with van der Waals surface area (Å²) >= 11 is 0. The number of fused-ring (bicyclic) bond motifs is 1. The van der Waals surface area contributed by atoms with Gasteiger partial charge in [-0.3, -0.25) is 0 Å². The van der Waals surface area contributed by atoms with Gasteiger partial charge in [-0.2, -0.15) is 0 Å². The van der Waals surface area contributed by atoms with Crippen molar-refractivity contribution in [3.63, 3.8) is 0 Å². The zero-order chi connectivity index (χ0) is 14.7. The average Bonchev–Trinajstić information content (AvgIpc) is 2.97. The predicted octanol–water partition coefficient (Wildman–Crippen LogP) is 4.18. The van der Waals surface area contributed by atoms with Gasteiger partial charge in [0.05, 0.1) is 11.6 Å². The second kappa shape index (κ2) is 5.92. The van der Waals surface area contributed by atoms with Crippen molar-refractivity contribution < 1.29 is 0 Å². The van der Waals surface area contributed by atoms with Crippen LogP contribution in [0.15, 0.2) is 66.7 Å². The van der Waals surface area contributed by atoms with Crippen LogP contribution in [0.5, 0.6) is 0 Å². The van der Waals surface area contributed by atoms with Crippen molar-refractivity contribution in [2.75, 3.05) is 0 Å². The molecule has 0 N–H and O–H groups in total. The Morgan fingerprint density at radius 1 is 1.10 bits per heavy atom. The molecule has 1 aromatic heterocycles. The minimum absolute atomic E-state index is 0.143. The Morgan fingerprint density at radius 2 is 1.81 bits per heavy atom. The molecule has 1 heterocycles. The van der Waals surface area contributed by atoms with Gasteiger partial charge in [0.1, 0.15) is 5.52 Å². The third kappa shape index (κ3) is 2.72. The van der Waals surface area contributed by atoms with Gasteiger partial charge in [0.25, 0.3) is 0 Å². The highest BCUT2D eigenvalue weighted by Gasteiger charge is 2.18. The van der Waals surface area contributed by atoms with E-state index < -0.39 is 0 Å². The molecular weight excluding hydrogens is 258 g/mol. The van der Waals surface area contributed by atoms with Crippen LogP contribution in [-0.2, 0) is 6.42 Å². The van der Waals surface area contributed by atoms with Gasteiger partial charge in [-0.05, 0) is 30.5 Å². The molecule has 0 radical (unpaired) electrons. The molecule has 0 aliphatic heterocycles. The number of para-hydroxylation sites is 1. The summed E-state index contributed by atoms with van der Waals surface area (Å²) < 4.78 is 2.01. The number of hydrogen-bond donors (Lipinski definition) is 0. The molecule has 3 aromatic rings. The summed E-state index contributed by atoms with van der Waals surface area (Å²) in [4.78, 5) is 0. The third-order valence-corrected chi connectivity index (χ3v) is 3.87. The summed E-state index contributed by atoms with van der Waals surface area (Å²) in [5, 5.41) is 8.64. The average molecular weight is 277 g/mol. The fraction of sp³-hybridized carbons (Fsp3) is 0.222. The van der Waals surface area contributed by atoms with E-state index in [0.717, 1.165) is 23.9 Å². The standard InChI is InChI=1S/C18H19N3/c1-3-14(2)18(13-15-9-5-4-6-10-15)21-17-12-8-7-11-16(17)19-20-21/h4-12,18H,2-3,13H2,1H3. The van der Waals surface area contributed by atoms with Gasteiger partial charge >= 0.3 is 0 Å². The first-order valence-electron chi connectivity index (χ1n) is 7.31. The Bertz CT molecular complexity index is 743. The van der Waals surface area contributed by atoms with Gasteiger partial charge in [-0.25, -0.2) is 4.68 Å². The zero-order valence-electron chi connectivity index (χ0n) is 12.2. The van der Waals surface area contributed by atoms with Crippen LogP contribution in [0.25, 0.3) is 11.0 Å². The van der Waals surface area contributed by atoms with E-state index in [4.69, 9.17) is 0 Å². The van der Waals surface area contributed by atoms with Gasteiger partial charge in [0.15, 0.2) is 0 Å². The predicted molar refractivity (Wildman–Crippen MR) is 86.1 cm³/mol. The number of aromatic nitrogens is 3. The Balaban J connectivity index is 2.01. The summed E-state index contributed by atoms with van der Waals surface area (Å²) in [5.41, 5.74) is 4.46. The van der Waals surface area contributed by atoms with E-state index in [9.17, 15) is 0 Å². The summed E-state index contributed by atoms with van der Waals surface area (Å²) in [6, 6.07) is 18.7. The highest BCUT2D eigenvalue weighted by molar-refractivity contribution is 5.74. The highest BCUT2D eigenvalue weighted by atomic mass is 15.4. The van der Waals surface area contributed by atoms with Crippen molar-refractivity contribution >= 4 is 11.0 Å². The maximum Gasteiger partial charge on any atom is 0.113 e. The molecule has 1 atom stereocenters. The van der Waals surface area contributed by atoms with E-state index in [-0.39, 0.29) is 6.04 Å². The fourth-order valence-electron chi connectivity index (χ4n) is 2.59. The summed E-state index contributed by atoms with van der Waals surface area (Å²) in [7, 11) is 0. The first-order valence-corrected chi connectivity index (χ1v) is 7.31. The smallest absolute Gasteiger partial charge is 0.113 e. The molecule has 2 aromatic carbocycles. The first-order chi connectivity index (χ1) is 10.3. The van der Waals surface area contributed by atoms with Gasteiger partial charge in [-0.15, -0.1) is 5.10 Å². The molecule has 106 valence electrons. The Hall–Kier alpha value is -2.42. The maximum absolute atomic E-state index is 4.37. The van der Waals surface area contributed by atoms with Gasteiger partial charge in [0.2, 0.25) is 0 Å². The van der Waals surface area contributed by atoms with Crippen LogP contribution in [0.2, 0.25) is 0 Å². The molecule has 0 aliphatic rings. The van der Waals surface area contributed by atoms with Gasteiger partial charge in [-0.1, -0.05) is 66.8 Å². The minimum atomic E-state index is 0.143. The molecule has 0 amide bonds. The molecule has 3 rings (SSSR count). The van der Waals surface area contributed by atoms with Gasteiger partial charge < -0.3 is 0 Å². The first kappa shape index (κ1) is 13.6. The molecule has 0 bridgehead atoms. The van der Waals surface area contributed by atoms with Crippen LogP contribution >= 0.6 is 0 Å². The molecule has 21 heavy (non-hydrogen) atoms. The number of allylic oxidation sites excluding steroid dienone is 1. The highest BCUT2D eigenvalue weighted by Crippen LogP contribution is 2.26. The lowest BCUT2D eigenvalue weighted by molar-refractivity contribution is 0.501. The monoisotopic (exact) mass is 277 g/mol. The number of hydrogen-bond acceptors (Lipinski definition) is 2. The normalized spacial score (nSPS) is 12.4. The minimum Gasteiger partial charge on any atom is -0.237 e. The van der Waals surface area contributed by atoms with Crippen LogP contribution in [0, 0.1) is 0 Å². The lowest BCUT2D eigenvalue weighted by Crippen LogP contribution is -2.15. The quantitative estimate of drug-likeness (QED) is 0.655. The van der Waals surface area contributed by atoms with E-state index in [0.29, 0.717) is 0 Å². The van der Waals surface area contributed by atoms with Crippen molar-refractivity contribution in [3.05, 3.63) is 72.3 Å². The lowest BCUT2D eigenvalue weighted by atomic mass is 9.98. The van der Waals surface area contributed by atoms with Crippen molar-refractivity contribution in [2.24, 2.45) is 0 Å². The van der Waals surface area contributed by atoms with Gasteiger partial charge in [0, 0.05) is 0 Å². The maximum atomic E-state index is 4.37. The fourth-order valence-corrected chi connectivity index (χ4v) is 2.59. The molecular formula is C18H19N3. The number of nitrogens with zero attached hydrogens (tertiary/aromatic N) is 3. The summed E-state index contributed by atoms with van der Waals surface area (Å²) in [6.07, 6.45) is 1.83. The molecule has 0 saturated carbocycles. The Labute approximate surface area is 124 Å². The largest absolute Gasteiger partial charge is 0.237 e. The molecule has 0 fully saturated rings. The van der Waals surface area contributed by atoms with E-state index in [1.807, 2.05) is 28.9 Å². The zero-order valence-corrected chi connectivity index (χ0v) is 12.2. The Morgan fingerprint density at radius 3 is 2.57 bits per heavy atom. The van der Waals surface area contributed by atoms with Crippen LogP contribution in [0.3, 0.4) is 0 Å². The van der Waals surface area contributed by atoms with Crippen molar-refractivity contribution in [1.29, 1.82) is 0 Å². The van der Waals surface area contributed by atoms with E-state index >= 15 is 0 Å². The Kier molecular flexibility index (Phi) is 3.82. The number of benzene rings is 2. The van der Waals surface area contributed by atoms with Crippen LogP contribution < -0.4 is 0 Å². The van der Waals surface area contributed by atoms with E-state index in [1.165, 1.54) is 11.1 Å². The molecule has 3 heteroatoms. The summed E-state index contributed by atoms with van der Waals surface area (Å²) in [5.74, 6) is 0. The van der Waals surface area contributed by atoms with E-state index in [2.05, 4.69) is 54.1 Å². The van der Waals surface area contributed by atoms with Crippen molar-refractivity contribution in [3.8, 4) is 0 Å². The second-order valence-electron chi connectivity index (χ2n) is 5.24. The number of rotatable bonds is 5. The summed E-state index contributed by atoms with van der Waals surface area (Å²) in [6.45, 7) is 6.38. The molecule has 3 nitrogen and oxygen atoms in total. The molecule has 0 aliphatic carbocycles. The van der Waals surface area contributed by atoms with Crippen LogP contribution in [-0.4, -0.2) is 15.0 Å².